The molecule has 138 valence electrons. The first-order chi connectivity index (χ1) is 11.8. The third-order valence-electron chi connectivity index (χ3n) is 3.83. The lowest BCUT2D eigenvalue weighted by Gasteiger charge is -1.98. The van der Waals surface area contributed by atoms with E-state index >= 15 is 0 Å². The van der Waals surface area contributed by atoms with Gasteiger partial charge in [-0.3, -0.25) is 4.79 Å². The van der Waals surface area contributed by atoms with Crippen molar-refractivity contribution in [1.82, 2.24) is 0 Å². The molecule has 2 nitrogen and oxygen atoms in total. The zero-order chi connectivity index (χ0) is 17.7. The van der Waals surface area contributed by atoms with Gasteiger partial charge in [0.1, 0.15) is 0 Å². The van der Waals surface area contributed by atoms with Crippen molar-refractivity contribution in [1.29, 1.82) is 0 Å². The first-order valence-electron chi connectivity index (χ1n) is 9.91. The van der Waals surface area contributed by atoms with Gasteiger partial charge in [-0.25, -0.2) is 0 Å². The van der Waals surface area contributed by atoms with E-state index in [1.807, 2.05) is 6.92 Å². The van der Waals surface area contributed by atoms with Gasteiger partial charge >= 0.3 is 5.97 Å². The summed E-state index contributed by atoms with van der Waals surface area (Å²) in [6.07, 6.45) is 27.1. The highest BCUT2D eigenvalue weighted by Gasteiger charge is 1.98. The van der Waals surface area contributed by atoms with Gasteiger partial charge < -0.3 is 4.74 Å². The minimum Gasteiger partial charge on any atom is -0.466 e. The molecule has 0 aromatic rings. The number of esters is 1. The Morgan fingerprint density at radius 1 is 0.708 bits per heavy atom. The molecule has 0 heterocycles. The van der Waals surface area contributed by atoms with Crippen LogP contribution in [0.4, 0.5) is 0 Å². The SMILES string of the molecule is CCCCCCCC/C=C/C/C=C/C/C=C/CCCC(=O)OCC. The van der Waals surface area contributed by atoms with Crippen LogP contribution in [0.2, 0.25) is 0 Å². The summed E-state index contributed by atoms with van der Waals surface area (Å²) >= 11 is 0. The number of hydrogen-bond acceptors (Lipinski definition) is 2. The van der Waals surface area contributed by atoms with Gasteiger partial charge in [0.15, 0.2) is 0 Å². The molecule has 0 atom stereocenters. The van der Waals surface area contributed by atoms with Gasteiger partial charge in [0, 0.05) is 6.42 Å². The number of rotatable bonds is 16. The molecular weight excluding hydrogens is 296 g/mol. The molecule has 0 aliphatic rings. The molecule has 24 heavy (non-hydrogen) atoms. The van der Waals surface area contributed by atoms with E-state index in [-0.39, 0.29) is 5.97 Å². The molecule has 0 aliphatic carbocycles. The Labute approximate surface area is 150 Å². The fraction of sp³-hybridized carbons (Fsp3) is 0.682. The Bertz CT molecular complexity index is 353. The summed E-state index contributed by atoms with van der Waals surface area (Å²) in [5, 5.41) is 0. The van der Waals surface area contributed by atoms with Crippen molar-refractivity contribution < 1.29 is 9.53 Å². The molecule has 0 unspecified atom stereocenters. The Kier molecular flexibility index (Phi) is 18.7. The average Bonchev–Trinajstić information content (AvgIpc) is 2.58. The standard InChI is InChI=1S/C22H38O2/c1-3-5-6-7-8-9-10-11-12-13-14-15-16-17-18-19-20-21-22(23)24-4-2/h11-12,14-15,17-18H,3-10,13,16,19-21H2,1-2H3/b12-11+,15-14+,18-17+. The maximum absolute atomic E-state index is 11.1. The first kappa shape index (κ1) is 22.7. The smallest absolute Gasteiger partial charge is 0.305 e. The van der Waals surface area contributed by atoms with Gasteiger partial charge in [0.2, 0.25) is 0 Å². The van der Waals surface area contributed by atoms with Crippen LogP contribution in [0.1, 0.15) is 90.9 Å². The van der Waals surface area contributed by atoms with E-state index in [4.69, 9.17) is 4.74 Å². The van der Waals surface area contributed by atoms with Crippen LogP contribution in [0.3, 0.4) is 0 Å². The van der Waals surface area contributed by atoms with Crippen LogP contribution in [0, 0.1) is 0 Å². The molecule has 0 rings (SSSR count). The van der Waals surface area contributed by atoms with E-state index in [0.29, 0.717) is 13.0 Å². The van der Waals surface area contributed by atoms with E-state index in [9.17, 15) is 4.79 Å². The third kappa shape index (κ3) is 18.7. The maximum Gasteiger partial charge on any atom is 0.305 e. The second-order valence-electron chi connectivity index (χ2n) is 6.14. The maximum atomic E-state index is 11.1. The van der Waals surface area contributed by atoms with Crippen LogP contribution in [-0.4, -0.2) is 12.6 Å². The molecule has 0 N–H and O–H groups in total. The molecule has 0 saturated heterocycles. The van der Waals surface area contributed by atoms with Gasteiger partial charge in [-0.15, -0.1) is 0 Å². The summed E-state index contributed by atoms with van der Waals surface area (Å²) in [5.74, 6) is -0.0847. The first-order valence-corrected chi connectivity index (χ1v) is 9.91. The fourth-order valence-electron chi connectivity index (χ4n) is 2.42. The summed E-state index contributed by atoms with van der Waals surface area (Å²) in [4.78, 5) is 11.1. The van der Waals surface area contributed by atoms with E-state index in [0.717, 1.165) is 25.7 Å². The highest BCUT2D eigenvalue weighted by molar-refractivity contribution is 5.69. The van der Waals surface area contributed by atoms with Crippen molar-refractivity contribution in [2.75, 3.05) is 6.61 Å². The van der Waals surface area contributed by atoms with Gasteiger partial charge in [-0.05, 0) is 45.4 Å². The Morgan fingerprint density at radius 3 is 1.88 bits per heavy atom. The van der Waals surface area contributed by atoms with Gasteiger partial charge in [-0.2, -0.15) is 0 Å². The van der Waals surface area contributed by atoms with Crippen molar-refractivity contribution in [2.45, 2.75) is 90.9 Å². The molecule has 0 aromatic carbocycles. The molecule has 0 bridgehead atoms. The quantitative estimate of drug-likeness (QED) is 0.174. The summed E-state index contributed by atoms with van der Waals surface area (Å²) < 4.78 is 4.89. The Morgan fingerprint density at radius 2 is 1.25 bits per heavy atom. The lowest BCUT2D eigenvalue weighted by atomic mass is 10.1. The number of hydrogen-bond donors (Lipinski definition) is 0. The van der Waals surface area contributed by atoms with Crippen LogP contribution in [0.5, 0.6) is 0 Å². The molecule has 0 aliphatic heterocycles. The van der Waals surface area contributed by atoms with Gasteiger partial charge in [-0.1, -0.05) is 75.5 Å². The number of ether oxygens (including phenoxy) is 1. The lowest BCUT2D eigenvalue weighted by molar-refractivity contribution is -0.143. The van der Waals surface area contributed by atoms with Crippen LogP contribution in [-0.2, 0) is 9.53 Å². The van der Waals surface area contributed by atoms with Crippen molar-refractivity contribution in [3.63, 3.8) is 0 Å². The number of carbonyl (C=O) groups is 1. The molecule has 0 aromatic heterocycles. The zero-order valence-corrected chi connectivity index (χ0v) is 16.0. The van der Waals surface area contributed by atoms with Crippen LogP contribution >= 0.6 is 0 Å². The molecule has 0 spiro atoms. The normalized spacial score (nSPS) is 11.9. The molecule has 0 amide bonds. The summed E-state index contributed by atoms with van der Waals surface area (Å²) in [7, 11) is 0. The second-order valence-corrected chi connectivity index (χ2v) is 6.14. The Balaban J connectivity index is 3.35. The van der Waals surface area contributed by atoms with Crippen molar-refractivity contribution in [2.24, 2.45) is 0 Å². The molecule has 0 radical (unpaired) electrons. The van der Waals surface area contributed by atoms with Crippen molar-refractivity contribution in [3.05, 3.63) is 36.5 Å². The summed E-state index contributed by atoms with van der Waals surface area (Å²) in [5.41, 5.74) is 0. The number of unbranched alkanes of at least 4 members (excludes halogenated alkanes) is 7. The molecule has 0 saturated carbocycles. The monoisotopic (exact) mass is 334 g/mol. The largest absolute Gasteiger partial charge is 0.466 e. The minimum atomic E-state index is -0.0847. The predicted molar refractivity (Wildman–Crippen MR) is 105 cm³/mol. The number of allylic oxidation sites excluding steroid dienone is 6. The summed E-state index contributed by atoms with van der Waals surface area (Å²) in [6.45, 7) is 4.58. The number of carbonyl (C=O) groups excluding carboxylic acids is 1. The average molecular weight is 335 g/mol. The lowest BCUT2D eigenvalue weighted by Crippen LogP contribution is -2.02. The highest BCUT2D eigenvalue weighted by Crippen LogP contribution is 2.07. The van der Waals surface area contributed by atoms with E-state index in [2.05, 4.69) is 43.4 Å². The summed E-state index contributed by atoms with van der Waals surface area (Å²) in [6, 6.07) is 0. The minimum absolute atomic E-state index is 0.0847. The highest BCUT2D eigenvalue weighted by atomic mass is 16.5. The van der Waals surface area contributed by atoms with Gasteiger partial charge in [0.25, 0.3) is 0 Å². The van der Waals surface area contributed by atoms with E-state index in [1.165, 1.54) is 44.9 Å². The van der Waals surface area contributed by atoms with Crippen LogP contribution < -0.4 is 0 Å². The zero-order valence-electron chi connectivity index (χ0n) is 16.0. The topological polar surface area (TPSA) is 26.3 Å². The molecule has 2 heteroatoms. The van der Waals surface area contributed by atoms with E-state index < -0.39 is 0 Å². The molecular formula is C22H38O2. The second kappa shape index (κ2) is 19.7. The van der Waals surface area contributed by atoms with Crippen LogP contribution in [0.25, 0.3) is 0 Å². The Hall–Kier alpha value is -1.31. The van der Waals surface area contributed by atoms with Gasteiger partial charge in [0.05, 0.1) is 6.61 Å². The fourth-order valence-corrected chi connectivity index (χ4v) is 2.42. The van der Waals surface area contributed by atoms with Crippen molar-refractivity contribution >= 4 is 5.97 Å². The van der Waals surface area contributed by atoms with Crippen molar-refractivity contribution in [3.8, 4) is 0 Å². The molecule has 0 fully saturated rings. The van der Waals surface area contributed by atoms with Crippen LogP contribution in [0.15, 0.2) is 36.5 Å². The predicted octanol–water partition coefficient (Wildman–Crippen LogP) is 6.92. The third-order valence-corrected chi connectivity index (χ3v) is 3.83. The van der Waals surface area contributed by atoms with E-state index in [1.54, 1.807) is 0 Å².